The van der Waals surface area contributed by atoms with Crippen LogP contribution in [0.15, 0.2) is 45.0 Å². The van der Waals surface area contributed by atoms with Gasteiger partial charge in [-0.25, -0.2) is 13.2 Å². The molecule has 0 amide bonds. The fourth-order valence-electron chi connectivity index (χ4n) is 2.04. The van der Waals surface area contributed by atoms with E-state index in [4.69, 9.17) is 16.0 Å². The van der Waals surface area contributed by atoms with E-state index in [1.807, 2.05) is 0 Å². The molecular weight excluding hydrogens is 362 g/mol. The highest BCUT2D eigenvalue weighted by atomic mass is 35.5. The number of carbonyl (C=O) groups excluding carboxylic acids is 1. The predicted octanol–water partition coefficient (Wildman–Crippen LogP) is 3.74. The van der Waals surface area contributed by atoms with Crippen molar-refractivity contribution in [3.05, 3.63) is 45.8 Å². The number of thiophene rings is 1. The number of halogens is 1. The Morgan fingerprint density at radius 3 is 2.83 bits per heavy atom. The molecule has 0 aliphatic heterocycles. The van der Waals surface area contributed by atoms with Crippen molar-refractivity contribution < 1.29 is 22.4 Å². The van der Waals surface area contributed by atoms with E-state index >= 15 is 0 Å². The summed E-state index contributed by atoms with van der Waals surface area (Å²) in [5.74, 6) is -0.697. The summed E-state index contributed by atoms with van der Waals surface area (Å²) in [6, 6.07) is 7.68. The molecule has 1 aromatic carbocycles. The molecule has 0 saturated heterocycles. The number of anilines is 1. The lowest BCUT2D eigenvalue weighted by atomic mass is 10.2. The van der Waals surface area contributed by atoms with Gasteiger partial charge >= 0.3 is 5.97 Å². The van der Waals surface area contributed by atoms with E-state index in [1.165, 1.54) is 18.6 Å². The maximum Gasteiger partial charge on any atom is 0.349 e. The number of methoxy groups -OCH3 is 1. The molecule has 23 heavy (non-hydrogen) atoms. The van der Waals surface area contributed by atoms with Gasteiger partial charge < -0.3 is 9.15 Å². The molecule has 3 rings (SSSR count). The minimum atomic E-state index is -3.92. The molecule has 2 aromatic heterocycles. The molecule has 120 valence electrons. The number of nitrogens with one attached hydrogen (secondary N) is 1. The molecule has 9 heteroatoms. The first-order valence-corrected chi connectivity index (χ1v) is 9.02. The third-order valence-corrected chi connectivity index (χ3v) is 5.66. The maximum atomic E-state index is 12.5. The summed E-state index contributed by atoms with van der Waals surface area (Å²) in [4.78, 5) is 11.5. The highest BCUT2D eigenvalue weighted by Gasteiger charge is 2.24. The van der Waals surface area contributed by atoms with Crippen molar-refractivity contribution in [3.8, 4) is 0 Å². The van der Waals surface area contributed by atoms with Crippen LogP contribution in [0.4, 0.5) is 5.69 Å². The number of hydrogen-bond donors (Lipinski definition) is 1. The summed E-state index contributed by atoms with van der Waals surface area (Å²) >= 11 is 6.77. The van der Waals surface area contributed by atoms with Crippen LogP contribution in [0.2, 0.25) is 5.22 Å². The fourth-order valence-corrected chi connectivity index (χ4v) is 4.62. The predicted molar refractivity (Wildman–Crippen MR) is 87.7 cm³/mol. The molecular formula is C14H10ClNO5S2. The average molecular weight is 372 g/mol. The van der Waals surface area contributed by atoms with Crippen molar-refractivity contribution in [1.29, 1.82) is 0 Å². The number of rotatable bonds is 4. The molecule has 6 nitrogen and oxygen atoms in total. The molecule has 1 N–H and O–H groups in total. The van der Waals surface area contributed by atoms with Crippen molar-refractivity contribution in [2.75, 3.05) is 11.8 Å². The van der Waals surface area contributed by atoms with E-state index < -0.39 is 16.0 Å². The lowest BCUT2D eigenvalue weighted by molar-refractivity contribution is 0.0602. The van der Waals surface area contributed by atoms with E-state index in [0.717, 1.165) is 11.3 Å². The first-order chi connectivity index (χ1) is 10.9. The number of hydrogen-bond acceptors (Lipinski definition) is 6. The van der Waals surface area contributed by atoms with Gasteiger partial charge in [-0.05, 0) is 41.2 Å². The third-order valence-electron chi connectivity index (χ3n) is 3.03. The number of sulfonamides is 1. The first-order valence-electron chi connectivity index (χ1n) is 6.28. The first kappa shape index (κ1) is 15.9. The molecule has 0 saturated carbocycles. The molecule has 0 bridgehead atoms. The van der Waals surface area contributed by atoms with Crippen molar-refractivity contribution >= 4 is 55.6 Å². The van der Waals surface area contributed by atoms with Crippen LogP contribution in [0.3, 0.4) is 0 Å². The zero-order valence-corrected chi connectivity index (χ0v) is 14.1. The molecule has 0 atom stereocenters. The average Bonchev–Trinajstić information content (AvgIpc) is 3.11. The van der Waals surface area contributed by atoms with Gasteiger partial charge in [-0.1, -0.05) is 0 Å². The largest absolute Gasteiger partial charge is 0.465 e. The summed E-state index contributed by atoms with van der Waals surface area (Å²) < 4.78 is 37.2. The van der Waals surface area contributed by atoms with Crippen LogP contribution in [-0.4, -0.2) is 21.5 Å². The SMILES string of the molecule is COC(=O)c1sccc1S(=O)(=O)Nc1ccc2oc(Cl)cc2c1. The topological polar surface area (TPSA) is 85.6 Å². The van der Waals surface area contributed by atoms with Crippen molar-refractivity contribution in [1.82, 2.24) is 0 Å². The van der Waals surface area contributed by atoms with Crippen LogP contribution in [0, 0.1) is 0 Å². The minimum Gasteiger partial charge on any atom is -0.465 e. The number of esters is 1. The second-order valence-electron chi connectivity index (χ2n) is 4.51. The molecule has 0 fully saturated rings. The Morgan fingerprint density at radius 1 is 1.30 bits per heavy atom. The maximum absolute atomic E-state index is 12.5. The molecule has 0 spiro atoms. The summed E-state index contributed by atoms with van der Waals surface area (Å²) in [6.45, 7) is 0. The Labute approximate surface area is 140 Å². The zero-order valence-electron chi connectivity index (χ0n) is 11.7. The molecule has 3 aromatic rings. The highest BCUT2D eigenvalue weighted by molar-refractivity contribution is 7.93. The quantitative estimate of drug-likeness (QED) is 0.706. The van der Waals surface area contributed by atoms with Gasteiger partial charge in [0.25, 0.3) is 10.0 Å². The van der Waals surface area contributed by atoms with Crippen LogP contribution < -0.4 is 4.72 Å². The Hall–Kier alpha value is -2.03. The normalized spacial score (nSPS) is 11.6. The second-order valence-corrected chi connectivity index (χ2v) is 7.45. The van der Waals surface area contributed by atoms with Gasteiger partial charge in [-0.3, -0.25) is 4.72 Å². The molecule has 0 unspecified atom stereocenters. The Morgan fingerprint density at radius 2 is 2.09 bits per heavy atom. The van der Waals surface area contributed by atoms with E-state index in [0.29, 0.717) is 16.7 Å². The minimum absolute atomic E-state index is 0.0208. The van der Waals surface area contributed by atoms with Crippen LogP contribution in [-0.2, 0) is 14.8 Å². The van der Waals surface area contributed by atoms with Crippen molar-refractivity contribution in [2.24, 2.45) is 0 Å². The van der Waals surface area contributed by atoms with Gasteiger partial charge in [0.15, 0.2) is 5.22 Å². The lowest BCUT2D eigenvalue weighted by Gasteiger charge is -2.08. The van der Waals surface area contributed by atoms with Crippen LogP contribution in [0.5, 0.6) is 0 Å². The van der Waals surface area contributed by atoms with Crippen molar-refractivity contribution in [3.63, 3.8) is 0 Å². The number of carbonyl (C=O) groups is 1. The summed E-state index contributed by atoms with van der Waals surface area (Å²) in [7, 11) is -2.72. The summed E-state index contributed by atoms with van der Waals surface area (Å²) in [5, 5.41) is 2.39. The van der Waals surface area contributed by atoms with Crippen LogP contribution in [0.1, 0.15) is 9.67 Å². The van der Waals surface area contributed by atoms with Gasteiger partial charge in [-0.2, -0.15) is 0 Å². The van der Waals surface area contributed by atoms with Gasteiger partial charge in [0.2, 0.25) is 0 Å². The van der Waals surface area contributed by atoms with E-state index in [2.05, 4.69) is 9.46 Å². The van der Waals surface area contributed by atoms with Gasteiger partial charge in [-0.15, -0.1) is 11.3 Å². The third kappa shape index (κ3) is 3.05. The van der Waals surface area contributed by atoms with E-state index in [-0.39, 0.29) is 15.0 Å². The van der Waals surface area contributed by atoms with Crippen LogP contribution in [0.25, 0.3) is 11.0 Å². The lowest BCUT2D eigenvalue weighted by Crippen LogP contribution is -2.15. The highest BCUT2D eigenvalue weighted by Crippen LogP contribution is 2.28. The Kier molecular flexibility index (Phi) is 4.05. The second kappa shape index (κ2) is 5.88. The van der Waals surface area contributed by atoms with E-state index in [1.54, 1.807) is 24.3 Å². The summed E-state index contributed by atoms with van der Waals surface area (Å²) in [6.07, 6.45) is 0. The fraction of sp³-hybridized carbons (Fsp3) is 0.0714. The van der Waals surface area contributed by atoms with Gasteiger partial charge in [0.05, 0.1) is 7.11 Å². The Bertz CT molecular complexity index is 990. The zero-order chi connectivity index (χ0) is 16.6. The molecule has 2 heterocycles. The molecule has 0 aliphatic carbocycles. The van der Waals surface area contributed by atoms with Crippen LogP contribution >= 0.6 is 22.9 Å². The number of fused-ring (bicyclic) bond motifs is 1. The molecule has 0 radical (unpaired) electrons. The van der Waals surface area contributed by atoms with E-state index in [9.17, 15) is 13.2 Å². The Balaban J connectivity index is 1.96. The van der Waals surface area contributed by atoms with Gasteiger partial charge in [0, 0.05) is 17.1 Å². The monoisotopic (exact) mass is 371 g/mol. The van der Waals surface area contributed by atoms with Gasteiger partial charge in [0.1, 0.15) is 15.4 Å². The standard InChI is InChI=1S/C14H10ClNO5S2/c1-20-14(17)13-11(4-5-22-13)23(18,19)16-9-2-3-10-8(6-9)7-12(15)21-10/h2-7,16H,1H3. The molecule has 0 aliphatic rings. The number of benzene rings is 1. The summed E-state index contributed by atoms with van der Waals surface area (Å²) in [5.41, 5.74) is 0.876. The number of ether oxygens (including phenoxy) is 1. The smallest absolute Gasteiger partial charge is 0.349 e. The van der Waals surface area contributed by atoms with Crippen molar-refractivity contribution in [2.45, 2.75) is 4.90 Å². The number of furan rings is 1.